The fourth-order valence-electron chi connectivity index (χ4n) is 2.94. The van der Waals surface area contributed by atoms with Crippen molar-refractivity contribution < 1.29 is 19.0 Å². The van der Waals surface area contributed by atoms with Crippen molar-refractivity contribution in [1.82, 2.24) is 5.32 Å². The number of hydrogen-bond donors (Lipinski definition) is 1. The highest BCUT2D eigenvalue weighted by Gasteiger charge is 2.35. The van der Waals surface area contributed by atoms with Crippen LogP contribution >= 0.6 is 0 Å². The minimum absolute atomic E-state index is 0.356. The molecule has 1 aromatic rings. The third-order valence-electron chi connectivity index (χ3n) is 4.30. The summed E-state index contributed by atoms with van der Waals surface area (Å²) in [7, 11) is 3.07. The maximum atomic E-state index is 12.6. The van der Waals surface area contributed by atoms with Gasteiger partial charge in [0.05, 0.1) is 14.2 Å². The number of benzene rings is 1. The summed E-state index contributed by atoms with van der Waals surface area (Å²) in [4.78, 5) is 12.6. The number of methoxy groups -OCH3 is 2. The van der Waals surface area contributed by atoms with Crippen LogP contribution in [-0.2, 0) is 4.74 Å². The highest BCUT2D eigenvalue weighted by Crippen LogP contribution is 2.34. The van der Waals surface area contributed by atoms with Gasteiger partial charge in [0.1, 0.15) is 11.2 Å². The first-order chi connectivity index (χ1) is 10.5. The smallest absolute Gasteiger partial charge is 0.342 e. The van der Waals surface area contributed by atoms with Crippen LogP contribution in [-0.4, -0.2) is 38.9 Å². The van der Waals surface area contributed by atoms with Gasteiger partial charge in [-0.25, -0.2) is 4.79 Å². The number of nitrogens with one attached hydrogen (secondary N) is 1. The maximum Gasteiger partial charge on any atom is 0.342 e. The fraction of sp³-hybridized carbons (Fsp3) is 0.588. The summed E-state index contributed by atoms with van der Waals surface area (Å²) in [6, 6.07) is 5.21. The molecule has 5 nitrogen and oxygen atoms in total. The first-order valence-electron chi connectivity index (χ1n) is 7.64. The van der Waals surface area contributed by atoms with Crippen LogP contribution in [0.1, 0.15) is 37.0 Å². The number of piperidine rings is 1. The summed E-state index contributed by atoms with van der Waals surface area (Å²) in [6.45, 7) is 5.89. The van der Waals surface area contributed by atoms with E-state index in [9.17, 15) is 4.79 Å². The molecule has 1 N–H and O–H groups in total. The number of rotatable bonds is 5. The van der Waals surface area contributed by atoms with E-state index in [0.717, 1.165) is 25.9 Å². The summed E-state index contributed by atoms with van der Waals surface area (Å²) >= 11 is 0. The zero-order chi connectivity index (χ0) is 16.2. The van der Waals surface area contributed by atoms with Crippen LogP contribution in [0, 0.1) is 5.92 Å². The molecular weight excluding hydrogens is 282 g/mol. The summed E-state index contributed by atoms with van der Waals surface area (Å²) in [5.41, 5.74) is -0.114. The fourth-order valence-corrected chi connectivity index (χ4v) is 2.94. The molecular formula is C17H25NO4. The van der Waals surface area contributed by atoms with E-state index in [1.54, 1.807) is 25.3 Å². The molecule has 0 aliphatic carbocycles. The SMILES string of the molecule is COc1cccc(C(=O)OC(C)(C)C2CCNCC2)c1OC. The van der Waals surface area contributed by atoms with Crippen molar-refractivity contribution in [1.29, 1.82) is 0 Å². The summed E-state index contributed by atoms with van der Waals surface area (Å²) < 4.78 is 16.3. The Labute approximate surface area is 131 Å². The first kappa shape index (κ1) is 16.6. The van der Waals surface area contributed by atoms with E-state index in [-0.39, 0.29) is 5.97 Å². The summed E-state index contributed by atoms with van der Waals surface area (Å²) in [6.07, 6.45) is 2.02. The second-order valence-corrected chi connectivity index (χ2v) is 6.06. The summed E-state index contributed by atoms with van der Waals surface area (Å²) in [5.74, 6) is 0.918. The predicted molar refractivity (Wildman–Crippen MR) is 84.6 cm³/mol. The van der Waals surface area contributed by atoms with E-state index in [1.165, 1.54) is 7.11 Å². The minimum atomic E-state index is -0.507. The normalized spacial score (nSPS) is 16.2. The molecule has 0 spiro atoms. The largest absolute Gasteiger partial charge is 0.493 e. The molecule has 1 heterocycles. The predicted octanol–water partition coefficient (Wildman–Crippen LogP) is 2.64. The molecule has 0 aromatic heterocycles. The molecule has 2 rings (SSSR count). The van der Waals surface area contributed by atoms with Gasteiger partial charge in [0, 0.05) is 5.92 Å². The van der Waals surface area contributed by atoms with E-state index in [2.05, 4.69) is 5.32 Å². The molecule has 5 heteroatoms. The third-order valence-corrected chi connectivity index (χ3v) is 4.30. The van der Waals surface area contributed by atoms with Gasteiger partial charge in [-0.2, -0.15) is 0 Å². The first-order valence-corrected chi connectivity index (χ1v) is 7.64. The van der Waals surface area contributed by atoms with Gasteiger partial charge >= 0.3 is 5.97 Å². The molecule has 0 radical (unpaired) electrons. The van der Waals surface area contributed by atoms with Gasteiger partial charge in [0.2, 0.25) is 0 Å². The quantitative estimate of drug-likeness (QED) is 0.848. The van der Waals surface area contributed by atoms with Gasteiger partial charge < -0.3 is 19.5 Å². The van der Waals surface area contributed by atoms with Crippen LogP contribution in [0.3, 0.4) is 0 Å². The molecule has 122 valence electrons. The van der Waals surface area contributed by atoms with Crippen molar-refractivity contribution in [3.63, 3.8) is 0 Å². The zero-order valence-electron chi connectivity index (χ0n) is 13.8. The number of esters is 1. The monoisotopic (exact) mass is 307 g/mol. The van der Waals surface area contributed by atoms with Crippen LogP contribution in [0.2, 0.25) is 0 Å². The van der Waals surface area contributed by atoms with Crippen molar-refractivity contribution in [3.8, 4) is 11.5 Å². The maximum absolute atomic E-state index is 12.6. The molecule has 0 saturated carbocycles. The van der Waals surface area contributed by atoms with E-state index < -0.39 is 5.60 Å². The highest BCUT2D eigenvalue weighted by atomic mass is 16.6. The molecule has 22 heavy (non-hydrogen) atoms. The van der Waals surface area contributed by atoms with E-state index in [0.29, 0.717) is 23.0 Å². The number of carbonyl (C=O) groups is 1. The standard InChI is InChI=1S/C17H25NO4/c1-17(2,12-8-10-18-11-9-12)22-16(19)13-6-5-7-14(20-3)15(13)21-4/h5-7,12,18H,8-11H2,1-4H3. The van der Waals surface area contributed by atoms with Crippen LogP contribution < -0.4 is 14.8 Å². The van der Waals surface area contributed by atoms with Gasteiger partial charge in [0.15, 0.2) is 11.5 Å². The Morgan fingerprint density at radius 3 is 2.45 bits per heavy atom. The molecule has 1 aromatic carbocycles. The molecule has 0 amide bonds. The number of ether oxygens (including phenoxy) is 3. The van der Waals surface area contributed by atoms with Gasteiger partial charge in [-0.15, -0.1) is 0 Å². The number of carbonyl (C=O) groups excluding carboxylic acids is 1. The Balaban J connectivity index is 2.18. The van der Waals surface area contributed by atoms with Crippen molar-refractivity contribution in [2.24, 2.45) is 5.92 Å². The van der Waals surface area contributed by atoms with Crippen molar-refractivity contribution >= 4 is 5.97 Å². The lowest BCUT2D eigenvalue weighted by Gasteiger charge is -2.36. The lowest BCUT2D eigenvalue weighted by Crippen LogP contribution is -2.42. The van der Waals surface area contributed by atoms with Crippen molar-refractivity contribution in [3.05, 3.63) is 23.8 Å². The molecule has 1 fully saturated rings. The molecule has 0 bridgehead atoms. The van der Waals surface area contributed by atoms with E-state index in [1.807, 2.05) is 13.8 Å². The molecule has 1 aliphatic rings. The van der Waals surface area contributed by atoms with Crippen molar-refractivity contribution in [2.45, 2.75) is 32.3 Å². The second-order valence-electron chi connectivity index (χ2n) is 6.06. The lowest BCUT2D eigenvalue weighted by molar-refractivity contribution is -0.0370. The second kappa shape index (κ2) is 7.01. The number of hydrogen-bond acceptors (Lipinski definition) is 5. The van der Waals surface area contributed by atoms with Crippen LogP contribution in [0.5, 0.6) is 11.5 Å². The van der Waals surface area contributed by atoms with Crippen molar-refractivity contribution in [2.75, 3.05) is 27.3 Å². The Morgan fingerprint density at radius 2 is 1.86 bits per heavy atom. The summed E-state index contributed by atoms with van der Waals surface area (Å²) in [5, 5.41) is 3.33. The Kier molecular flexibility index (Phi) is 5.29. The average Bonchev–Trinajstić information content (AvgIpc) is 2.54. The number of para-hydroxylation sites is 1. The Hall–Kier alpha value is -1.75. The molecule has 1 aliphatic heterocycles. The zero-order valence-corrected chi connectivity index (χ0v) is 13.8. The topological polar surface area (TPSA) is 56.8 Å². The molecule has 1 saturated heterocycles. The third kappa shape index (κ3) is 3.53. The van der Waals surface area contributed by atoms with Gasteiger partial charge in [0.25, 0.3) is 0 Å². The van der Waals surface area contributed by atoms with Crippen LogP contribution in [0.25, 0.3) is 0 Å². The lowest BCUT2D eigenvalue weighted by atomic mass is 9.83. The minimum Gasteiger partial charge on any atom is -0.493 e. The molecule has 0 unspecified atom stereocenters. The Bertz CT molecular complexity index is 521. The van der Waals surface area contributed by atoms with Crippen LogP contribution in [0.15, 0.2) is 18.2 Å². The van der Waals surface area contributed by atoms with E-state index >= 15 is 0 Å². The van der Waals surface area contributed by atoms with Gasteiger partial charge in [-0.3, -0.25) is 0 Å². The van der Waals surface area contributed by atoms with Gasteiger partial charge in [-0.1, -0.05) is 6.07 Å². The van der Waals surface area contributed by atoms with E-state index in [4.69, 9.17) is 14.2 Å². The van der Waals surface area contributed by atoms with Gasteiger partial charge in [-0.05, 0) is 51.9 Å². The average molecular weight is 307 g/mol. The highest BCUT2D eigenvalue weighted by molar-refractivity contribution is 5.93. The Morgan fingerprint density at radius 1 is 1.18 bits per heavy atom. The molecule has 0 atom stereocenters. The van der Waals surface area contributed by atoms with Crippen LogP contribution in [0.4, 0.5) is 0 Å².